The second-order valence-corrected chi connectivity index (χ2v) is 5.96. The Hall–Kier alpha value is -2.45. The lowest BCUT2D eigenvalue weighted by atomic mass is 10.2. The number of nitrogens with one attached hydrogen (secondary N) is 1. The quantitative estimate of drug-likeness (QED) is 0.925. The van der Waals surface area contributed by atoms with E-state index in [0.717, 1.165) is 22.8 Å². The fourth-order valence-corrected chi connectivity index (χ4v) is 3.66. The van der Waals surface area contributed by atoms with Gasteiger partial charge in [-0.15, -0.1) is 0 Å². The Morgan fingerprint density at radius 2 is 2.00 bits per heavy atom. The van der Waals surface area contributed by atoms with E-state index in [1.807, 2.05) is 36.4 Å². The Kier molecular flexibility index (Phi) is 4.03. The predicted molar refractivity (Wildman–Crippen MR) is 88.5 cm³/mol. The van der Waals surface area contributed by atoms with Crippen LogP contribution in [0.3, 0.4) is 0 Å². The van der Waals surface area contributed by atoms with Crippen LogP contribution < -0.4 is 10.2 Å². The zero-order chi connectivity index (χ0) is 15.5. The SMILES string of the molecule is CCN1c2ccccc2Sc2cc(NC(=O)CC#N)ccc21. The average molecular weight is 309 g/mol. The molecule has 0 atom stereocenters. The van der Waals surface area contributed by atoms with Gasteiger partial charge in [0.1, 0.15) is 6.42 Å². The van der Waals surface area contributed by atoms with Gasteiger partial charge in [-0.05, 0) is 37.3 Å². The van der Waals surface area contributed by atoms with Gasteiger partial charge >= 0.3 is 0 Å². The first-order chi connectivity index (χ1) is 10.7. The highest BCUT2D eigenvalue weighted by molar-refractivity contribution is 7.99. The fourth-order valence-electron chi connectivity index (χ4n) is 2.53. The van der Waals surface area contributed by atoms with E-state index < -0.39 is 0 Å². The number of para-hydroxylation sites is 1. The number of rotatable bonds is 3. The molecule has 5 heteroatoms. The number of anilines is 3. The summed E-state index contributed by atoms with van der Waals surface area (Å²) < 4.78 is 0. The lowest BCUT2D eigenvalue weighted by Crippen LogP contribution is -2.20. The molecule has 1 N–H and O–H groups in total. The summed E-state index contributed by atoms with van der Waals surface area (Å²) in [6.45, 7) is 3.00. The van der Waals surface area contributed by atoms with Crippen LogP contribution in [0, 0.1) is 11.3 Å². The van der Waals surface area contributed by atoms with Crippen molar-refractivity contribution < 1.29 is 4.79 Å². The van der Waals surface area contributed by atoms with Crippen LogP contribution in [0.5, 0.6) is 0 Å². The van der Waals surface area contributed by atoms with E-state index in [0.29, 0.717) is 0 Å². The van der Waals surface area contributed by atoms with Gasteiger partial charge in [0.25, 0.3) is 0 Å². The number of nitriles is 1. The van der Waals surface area contributed by atoms with Crippen LogP contribution in [-0.4, -0.2) is 12.5 Å². The maximum atomic E-state index is 11.5. The lowest BCUT2D eigenvalue weighted by Gasteiger charge is -2.32. The second kappa shape index (κ2) is 6.12. The standard InChI is InChI=1S/C17H15N3OS/c1-2-20-13-5-3-4-6-15(13)22-16-11-12(7-8-14(16)20)19-17(21)9-10-18/h3-8,11H,2,9H2,1H3,(H,19,21). The maximum absolute atomic E-state index is 11.5. The van der Waals surface area contributed by atoms with Gasteiger partial charge in [-0.25, -0.2) is 0 Å². The van der Waals surface area contributed by atoms with Crippen molar-refractivity contribution in [3.8, 4) is 6.07 Å². The molecule has 0 aliphatic carbocycles. The summed E-state index contributed by atoms with van der Waals surface area (Å²) in [4.78, 5) is 16.1. The molecule has 110 valence electrons. The van der Waals surface area contributed by atoms with Gasteiger partial charge in [-0.1, -0.05) is 23.9 Å². The second-order valence-electron chi connectivity index (χ2n) is 4.88. The Morgan fingerprint density at radius 3 is 2.77 bits per heavy atom. The molecule has 0 radical (unpaired) electrons. The highest BCUT2D eigenvalue weighted by atomic mass is 32.2. The Labute approximate surface area is 133 Å². The minimum atomic E-state index is -0.281. The summed E-state index contributed by atoms with van der Waals surface area (Å²) in [5.74, 6) is -0.281. The zero-order valence-electron chi connectivity index (χ0n) is 12.2. The van der Waals surface area contributed by atoms with E-state index in [-0.39, 0.29) is 12.3 Å². The summed E-state index contributed by atoms with van der Waals surface area (Å²) in [6, 6.07) is 16.0. The van der Waals surface area contributed by atoms with Crippen LogP contribution in [0.4, 0.5) is 17.1 Å². The molecule has 2 aromatic carbocycles. The maximum Gasteiger partial charge on any atom is 0.238 e. The molecule has 0 saturated heterocycles. The van der Waals surface area contributed by atoms with E-state index in [1.54, 1.807) is 11.8 Å². The first kappa shape index (κ1) is 14.5. The van der Waals surface area contributed by atoms with E-state index in [2.05, 4.69) is 29.3 Å². The van der Waals surface area contributed by atoms with Crippen molar-refractivity contribution in [1.29, 1.82) is 5.26 Å². The largest absolute Gasteiger partial charge is 0.340 e. The number of hydrogen-bond acceptors (Lipinski definition) is 4. The van der Waals surface area contributed by atoms with Gasteiger partial charge < -0.3 is 10.2 Å². The normalized spacial score (nSPS) is 12.1. The van der Waals surface area contributed by atoms with Crippen molar-refractivity contribution in [2.45, 2.75) is 23.1 Å². The first-order valence-electron chi connectivity index (χ1n) is 7.08. The molecule has 0 fully saturated rings. The molecule has 1 aliphatic rings. The van der Waals surface area contributed by atoms with Crippen molar-refractivity contribution in [1.82, 2.24) is 0 Å². The average Bonchev–Trinajstić information content (AvgIpc) is 2.52. The minimum Gasteiger partial charge on any atom is -0.340 e. The molecular formula is C17H15N3OS. The monoisotopic (exact) mass is 309 g/mol. The van der Waals surface area contributed by atoms with E-state index in [4.69, 9.17) is 5.26 Å². The fraction of sp³-hybridized carbons (Fsp3) is 0.176. The highest BCUT2D eigenvalue weighted by Gasteiger charge is 2.22. The van der Waals surface area contributed by atoms with Crippen molar-refractivity contribution >= 4 is 34.7 Å². The molecule has 22 heavy (non-hydrogen) atoms. The minimum absolute atomic E-state index is 0.131. The molecule has 0 aromatic heterocycles. The van der Waals surface area contributed by atoms with Crippen molar-refractivity contribution in [3.05, 3.63) is 42.5 Å². The third kappa shape index (κ3) is 2.66. The van der Waals surface area contributed by atoms with E-state index in [9.17, 15) is 4.79 Å². The molecule has 0 saturated carbocycles. The molecule has 2 aromatic rings. The van der Waals surface area contributed by atoms with Gasteiger partial charge in [-0.3, -0.25) is 4.79 Å². The Morgan fingerprint density at radius 1 is 1.23 bits per heavy atom. The number of amides is 1. The Bertz CT molecular complexity index is 767. The lowest BCUT2D eigenvalue weighted by molar-refractivity contribution is -0.115. The van der Waals surface area contributed by atoms with Crippen LogP contribution in [0.1, 0.15) is 13.3 Å². The number of carbonyl (C=O) groups excluding carboxylic acids is 1. The Balaban J connectivity index is 1.94. The number of hydrogen-bond donors (Lipinski definition) is 1. The molecule has 0 unspecified atom stereocenters. The molecule has 1 amide bonds. The van der Waals surface area contributed by atoms with Crippen molar-refractivity contribution in [2.75, 3.05) is 16.8 Å². The van der Waals surface area contributed by atoms with Gasteiger partial charge in [0, 0.05) is 22.0 Å². The van der Waals surface area contributed by atoms with Gasteiger partial charge in [-0.2, -0.15) is 5.26 Å². The molecule has 3 rings (SSSR count). The van der Waals surface area contributed by atoms with E-state index >= 15 is 0 Å². The zero-order valence-corrected chi connectivity index (χ0v) is 13.0. The van der Waals surface area contributed by atoms with Crippen LogP contribution in [-0.2, 0) is 4.79 Å². The number of benzene rings is 2. The number of fused-ring (bicyclic) bond motifs is 2. The predicted octanol–water partition coefficient (Wildman–Crippen LogP) is 4.16. The smallest absolute Gasteiger partial charge is 0.238 e. The molecule has 0 bridgehead atoms. The summed E-state index contributed by atoms with van der Waals surface area (Å²) >= 11 is 1.70. The van der Waals surface area contributed by atoms with Crippen LogP contribution in [0.15, 0.2) is 52.3 Å². The topological polar surface area (TPSA) is 56.1 Å². The third-order valence-electron chi connectivity index (χ3n) is 3.47. The molecule has 0 spiro atoms. The van der Waals surface area contributed by atoms with Crippen LogP contribution in [0.2, 0.25) is 0 Å². The number of carbonyl (C=O) groups is 1. The van der Waals surface area contributed by atoms with Gasteiger partial charge in [0.2, 0.25) is 5.91 Å². The third-order valence-corrected chi connectivity index (χ3v) is 4.58. The van der Waals surface area contributed by atoms with E-state index in [1.165, 1.54) is 10.6 Å². The van der Waals surface area contributed by atoms with Crippen LogP contribution >= 0.6 is 11.8 Å². The van der Waals surface area contributed by atoms with Crippen molar-refractivity contribution in [2.24, 2.45) is 0 Å². The summed E-state index contributed by atoms with van der Waals surface area (Å²) in [5, 5.41) is 11.3. The summed E-state index contributed by atoms with van der Waals surface area (Å²) in [5.41, 5.74) is 3.08. The first-order valence-corrected chi connectivity index (χ1v) is 7.90. The van der Waals surface area contributed by atoms with Crippen LogP contribution in [0.25, 0.3) is 0 Å². The van der Waals surface area contributed by atoms with Gasteiger partial charge in [0.05, 0.1) is 17.4 Å². The number of nitrogens with zero attached hydrogens (tertiary/aromatic N) is 2. The van der Waals surface area contributed by atoms with Gasteiger partial charge in [0.15, 0.2) is 0 Å². The molecular weight excluding hydrogens is 294 g/mol. The van der Waals surface area contributed by atoms with Crippen molar-refractivity contribution in [3.63, 3.8) is 0 Å². The molecule has 4 nitrogen and oxygen atoms in total. The highest BCUT2D eigenvalue weighted by Crippen LogP contribution is 2.48. The summed E-state index contributed by atoms with van der Waals surface area (Å²) in [7, 11) is 0. The molecule has 1 heterocycles. The molecule has 1 aliphatic heterocycles. The summed E-state index contributed by atoms with van der Waals surface area (Å²) in [6.07, 6.45) is -0.131.